The summed E-state index contributed by atoms with van der Waals surface area (Å²) in [5.41, 5.74) is 9.22. The van der Waals surface area contributed by atoms with Crippen molar-refractivity contribution >= 4 is 29.7 Å². The molecule has 0 aromatic heterocycles. The van der Waals surface area contributed by atoms with Crippen LogP contribution in [0.5, 0.6) is 0 Å². The lowest BCUT2D eigenvalue weighted by Gasteiger charge is -2.31. The molecule has 2 bridgehead atoms. The Bertz CT molecular complexity index is 616. The molecule has 3 aliphatic carbocycles. The van der Waals surface area contributed by atoms with Crippen molar-refractivity contribution in [2.75, 3.05) is 17.2 Å². The Morgan fingerprint density at radius 1 is 1.18 bits per heavy atom. The lowest BCUT2D eigenvalue weighted by molar-refractivity contribution is -0.120. The summed E-state index contributed by atoms with van der Waals surface area (Å²) in [5, 5.41) is 0. The van der Waals surface area contributed by atoms with Crippen molar-refractivity contribution in [2.24, 2.45) is 29.6 Å². The molecule has 0 radical (unpaired) electrons. The first kappa shape index (κ1) is 14.4. The topological polar surface area (TPSA) is 46.3 Å². The first-order valence-corrected chi connectivity index (χ1v) is 8.44. The first-order valence-electron chi connectivity index (χ1n) is 8.44. The molecule has 1 amide bonds. The number of anilines is 2. The number of carbonyl (C=O) groups excluding carboxylic acids is 1. The lowest BCUT2D eigenvalue weighted by atomic mass is 9.97. The fourth-order valence-corrected chi connectivity index (χ4v) is 5.72. The van der Waals surface area contributed by atoms with Crippen molar-refractivity contribution in [1.82, 2.24) is 0 Å². The summed E-state index contributed by atoms with van der Waals surface area (Å²) in [6.07, 6.45) is 6.21. The van der Waals surface area contributed by atoms with Crippen LogP contribution in [-0.4, -0.2) is 12.5 Å². The summed E-state index contributed by atoms with van der Waals surface area (Å²) >= 11 is 0. The highest BCUT2D eigenvalue weighted by Crippen LogP contribution is 2.69. The second kappa shape index (κ2) is 4.89. The molecular formula is C18H23ClN2O. The van der Waals surface area contributed by atoms with Crippen molar-refractivity contribution in [3.63, 3.8) is 0 Å². The summed E-state index contributed by atoms with van der Waals surface area (Å²) in [6.45, 7) is 0.876. The fraction of sp³-hybridized carbons (Fsp3) is 0.611. The molecule has 4 atom stereocenters. The molecule has 0 saturated heterocycles. The number of nitrogen functional groups attached to an aromatic ring is 1. The number of fused-ring (bicyclic) bond motifs is 6. The molecule has 22 heavy (non-hydrogen) atoms. The average molecular weight is 319 g/mol. The van der Waals surface area contributed by atoms with Gasteiger partial charge in [0.2, 0.25) is 5.91 Å². The van der Waals surface area contributed by atoms with Gasteiger partial charge in [0.15, 0.2) is 0 Å². The zero-order valence-electron chi connectivity index (χ0n) is 12.7. The van der Waals surface area contributed by atoms with Crippen LogP contribution in [0.4, 0.5) is 11.4 Å². The van der Waals surface area contributed by atoms with Crippen LogP contribution < -0.4 is 10.6 Å². The molecule has 0 spiro atoms. The Hall–Kier alpha value is -1.22. The molecule has 1 aromatic carbocycles. The molecule has 3 fully saturated rings. The van der Waals surface area contributed by atoms with Gasteiger partial charge in [-0.1, -0.05) is 6.07 Å². The summed E-state index contributed by atoms with van der Waals surface area (Å²) in [4.78, 5) is 15.1. The van der Waals surface area contributed by atoms with Crippen molar-refractivity contribution in [3.05, 3.63) is 23.8 Å². The quantitative estimate of drug-likeness (QED) is 0.808. The third-order valence-electron chi connectivity index (χ3n) is 6.57. The van der Waals surface area contributed by atoms with Crippen molar-refractivity contribution in [2.45, 2.75) is 32.1 Å². The number of hydrogen-bond acceptors (Lipinski definition) is 2. The maximum atomic E-state index is 13.1. The molecule has 5 rings (SSSR count). The van der Waals surface area contributed by atoms with Gasteiger partial charge in [-0.05, 0) is 73.5 Å². The summed E-state index contributed by atoms with van der Waals surface area (Å²) in [7, 11) is 0. The van der Waals surface area contributed by atoms with Crippen LogP contribution in [-0.2, 0) is 11.2 Å². The maximum absolute atomic E-state index is 13.1. The minimum atomic E-state index is 0. The van der Waals surface area contributed by atoms with Crippen LogP contribution in [0.25, 0.3) is 0 Å². The fourth-order valence-electron chi connectivity index (χ4n) is 5.72. The number of rotatable bonds is 1. The van der Waals surface area contributed by atoms with E-state index >= 15 is 0 Å². The predicted molar refractivity (Wildman–Crippen MR) is 90.1 cm³/mol. The first-order chi connectivity index (χ1) is 10.3. The van der Waals surface area contributed by atoms with E-state index in [-0.39, 0.29) is 12.4 Å². The molecule has 1 aliphatic heterocycles. The van der Waals surface area contributed by atoms with E-state index in [9.17, 15) is 4.79 Å². The molecule has 1 heterocycles. The number of carbonyl (C=O) groups is 1. The van der Waals surface area contributed by atoms with Crippen LogP contribution in [0.2, 0.25) is 0 Å². The monoisotopic (exact) mass is 318 g/mol. The van der Waals surface area contributed by atoms with Gasteiger partial charge in [-0.15, -0.1) is 12.4 Å². The second-order valence-corrected chi connectivity index (χ2v) is 7.45. The molecule has 4 heteroatoms. The van der Waals surface area contributed by atoms with Gasteiger partial charge >= 0.3 is 0 Å². The van der Waals surface area contributed by atoms with Crippen LogP contribution in [0.3, 0.4) is 0 Å². The van der Waals surface area contributed by atoms with Crippen LogP contribution in [0, 0.1) is 29.6 Å². The molecule has 4 aliphatic rings. The Balaban J connectivity index is 0.00000125. The molecule has 1 aromatic rings. The van der Waals surface area contributed by atoms with E-state index in [0.29, 0.717) is 11.8 Å². The van der Waals surface area contributed by atoms with Crippen LogP contribution in [0.1, 0.15) is 31.2 Å². The van der Waals surface area contributed by atoms with E-state index in [1.165, 1.54) is 24.8 Å². The molecule has 4 unspecified atom stereocenters. The van der Waals surface area contributed by atoms with E-state index in [1.807, 2.05) is 12.1 Å². The molecule has 3 saturated carbocycles. The number of nitrogens with two attached hydrogens (primary N) is 1. The minimum absolute atomic E-state index is 0. The Morgan fingerprint density at radius 3 is 2.64 bits per heavy atom. The van der Waals surface area contributed by atoms with Gasteiger partial charge in [-0.2, -0.15) is 0 Å². The predicted octanol–water partition coefficient (Wildman–Crippen LogP) is 3.26. The van der Waals surface area contributed by atoms with Gasteiger partial charge in [0.05, 0.1) is 0 Å². The van der Waals surface area contributed by atoms with Crippen LogP contribution in [0.15, 0.2) is 18.2 Å². The largest absolute Gasteiger partial charge is 0.398 e. The number of benzene rings is 1. The summed E-state index contributed by atoms with van der Waals surface area (Å²) < 4.78 is 0. The number of hydrogen-bond donors (Lipinski definition) is 1. The highest BCUT2D eigenvalue weighted by atomic mass is 35.5. The van der Waals surface area contributed by atoms with Gasteiger partial charge in [-0.3, -0.25) is 4.79 Å². The zero-order valence-corrected chi connectivity index (χ0v) is 13.5. The Labute approximate surface area is 137 Å². The maximum Gasteiger partial charge on any atom is 0.230 e. The van der Waals surface area contributed by atoms with E-state index in [4.69, 9.17) is 5.73 Å². The van der Waals surface area contributed by atoms with Crippen molar-refractivity contribution in [1.29, 1.82) is 0 Å². The average Bonchev–Trinajstić information content (AvgIpc) is 2.94. The van der Waals surface area contributed by atoms with E-state index in [0.717, 1.165) is 54.4 Å². The third-order valence-corrected chi connectivity index (χ3v) is 6.57. The SMILES string of the molecule is Cl.Nc1cccc2c1CCCN2C(=O)C1C2C3CCC(C3)C12. The van der Waals surface area contributed by atoms with Crippen LogP contribution >= 0.6 is 12.4 Å². The number of halogens is 1. The highest BCUT2D eigenvalue weighted by molar-refractivity contribution is 5.99. The van der Waals surface area contributed by atoms with Gasteiger partial charge < -0.3 is 10.6 Å². The molecule has 118 valence electrons. The van der Waals surface area contributed by atoms with Crippen molar-refractivity contribution in [3.8, 4) is 0 Å². The zero-order chi connectivity index (χ0) is 14.1. The number of nitrogens with zero attached hydrogens (tertiary/aromatic N) is 1. The van der Waals surface area contributed by atoms with Gasteiger partial charge in [0.1, 0.15) is 0 Å². The lowest BCUT2D eigenvalue weighted by Crippen LogP contribution is -2.38. The second-order valence-electron chi connectivity index (χ2n) is 7.45. The third kappa shape index (κ3) is 1.78. The molecular weight excluding hydrogens is 296 g/mol. The smallest absolute Gasteiger partial charge is 0.230 e. The summed E-state index contributed by atoms with van der Waals surface area (Å²) in [6, 6.07) is 6.02. The minimum Gasteiger partial charge on any atom is -0.398 e. The van der Waals surface area contributed by atoms with Gasteiger partial charge in [0, 0.05) is 23.8 Å². The standard InChI is InChI=1S/C18H22N2O.ClH/c19-13-4-1-5-14-12(13)3-2-8-20(14)18(21)17-15-10-6-7-11(9-10)16(15)17;/h1,4-5,10-11,15-17H,2-3,6-9,19H2;1H. The molecule has 3 nitrogen and oxygen atoms in total. The summed E-state index contributed by atoms with van der Waals surface area (Å²) in [5.74, 6) is 3.90. The van der Waals surface area contributed by atoms with E-state index < -0.39 is 0 Å². The molecule has 2 N–H and O–H groups in total. The van der Waals surface area contributed by atoms with Crippen molar-refractivity contribution < 1.29 is 4.79 Å². The normalized spacial score (nSPS) is 37.3. The van der Waals surface area contributed by atoms with E-state index in [2.05, 4.69) is 11.0 Å². The highest BCUT2D eigenvalue weighted by Gasteiger charge is 2.68. The Morgan fingerprint density at radius 2 is 1.91 bits per heavy atom. The Kier molecular flexibility index (Phi) is 3.19. The van der Waals surface area contributed by atoms with Gasteiger partial charge in [-0.25, -0.2) is 0 Å². The van der Waals surface area contributed by atoms with E-state index in [1.54, 1.807) is 0 Å². The van der Waals surface area contributed by atoms with Gasteiger partial charge in [0.25, 0.3) is 0 Å². The number of amides is 1.